The van der Waals surface area contributed by atoms with Crippen molar-refractivity contribution in [1.82, 2.24) is 15.0 Å². The summed E-state index contributed by atoms with van der Waals surface area (Å²) in [7, 11) is 0. The quantitative estimate of drug-likeness (QED) is 0.142. The molecule has 0 atom stereocenters. The van der Waals surface area contributed by atoms with E-state index in [0.29, 0.717) is 47.8 Å². The van der Waals surface area contributed by atoms with E-state index in [1.165, 1.54) is 18.2 Å². The first-order valence-electron chi connectivity index (χ1n) is 10.8. The molecular formula is C27H15Cl6N3O3Pr. The van der Waals surface area contributed by atoms with Crippen molar-refractivity contribution in [3.8, 4) is 17.2 Å². The van der Waals surface area contributed by atoms with Gasteiger partial charge in [-0.25, -0.2) is 0 Å². The molecule has 0 aliphatic heterocycles. The van der Waals surface area contributed by atoms with E-state index in [9.17, 15) is 15.3 Å². The molecule has 0 saturated carbocycles. The van der Waals surface area contributed by atoms with E-state index < -0.39 is 0 Å². The molecule has 3 heterocycles. The van der Waals surface area contributed by atoms with Gasteiger partial charge in [-0.1, -0.05) is 69.6 Å². The van der Waals surface area contributed by atoms with Crippen molar-refractivity contribution in [3.05, 3.63) is 103 Å². The molecule has 201 valence electrons. The van der Waals surface area contributed by atoms with Crippen molar-refractivity contribution in [1.29, 1.82) is 0 Å². The van der Waals surface area contributed by atoms with Crippen molar-refractivity contribution in [2.45, 2.75) is 0 Å². The van der Waals surface area contributed by atoms with Crippen molar-refractivity contribution in [2.24, 2.45) is 0 Å². The monoisotopic (exact) mass is 780 g/mol. The topological polar surface area (TPSA) is 99.4 Å². The normalized spacial score (nSPS) is 10.3. The van der Waals surface area contributed by atoms with E-state index in [4.69, 9.17) is 69.6 Å². The van der Waals surface area contributed by atoms with E-state index in [0.717, 1.165) is 0 Å². The van der Waals surface area contributed by atoms with Gasteiger partial charge in [0.05, 0.1) is 30.1 Å². The molecule has 6 rings (SSSR count). The van der Waals surface area contributed by atoms with Crippen LogP contribution in [0.15, 0.2) is 73.2 Å². The van der Waals surface area contributed by atoms with Crippen LogP contribution in [0.5, 0.6) is 17.2 Å². The Balaban J connectivity index is 0.000000163. The van der Waals surface area contributed by atoms with Crippen LogP contribution < -0.4 is 0 Å². The van der Waals surface area contributed by atoms with Gasteiger partial charge < -0.3 is 15.3 Å². The molecule has 1 radical (unpaired) electrons. The molecule has 0 spiro atoms. The maximum Gasteiger partial charge on any atom is 0.160 e. The zero-order valence-electron chi connectivity index (χ0n) is 20.0. The molecule has 0 unspecified atom stereocenters. The first-order chi connectivity index (χ1) is 18.6. The van der Waals surface area contributed by atoms with Gasteiger partial charge >= 0.3 is 0 Å². The van der Waals surface area contributed by atoms with Crippen molar-refractivity contribution >= 4 is 102 Å². The Hall–Kier alpha value is -1.61. The minimum absolute atomic E-state index is 0. The maximum atomic E-state index is 9.53. The second kappa shape index (κ2) is 14.5. The van der Waals surface area contributed by atoms with E-state index in [-0.39, 0.29) is 73.6 Å². The Morgan fingerprint density at radius 3 is 0.925 bits per heavy atom. The van der Waals surface area contributed by atoms with Crippen molar-refractivity contribution in [3.63, 3.8) is 0 Å². The summed E-state index contributed by atoms with van der Waals surface area (Å²) in [6, 6.07) is 15.1. The molecule has 0 saturated heterocycles. The molecule has 3 aromatic carbocycles. The van der Waals surface area contributed by atoms with Gasteiger partial charge in [0, 0.05) is 76.0 Å². The maximum absolute atomic E-state index is 9.53. The third-order valence-electron chi connectivity index (χ3n) is 5.31. The summed E-state index contributed by atoms with van der Waals surface area (Å²) in [6.45, 7) is 0. The first kappa shape index (κ1) is 32.9. The number of nitrogens with zero attached hydrogens (tertiary/aromatic N) is 3. The number of hydrogen-bond donors (Lipinski definition) is 3. The minimum Gasteiger partial charge on any atom is -0.504 e. The van der Waals surface area contributed by atoms with Crippen molar-refractivity contribution < 1.29 is 56.6 Å². The van der Waals surface area contributed by atoms with E-state index in [2.05, 4.69) is 15.0 Å². The van der Waals surface area contributed by atoms with Crippen LogP contribution in [0.3, 0.4) is 0 Å². The number of fused-ring (bicyclic) bond motifs is 3. The van der Waals surface area contributed by atoms with Crippen LogP contribution >= 0.6 is 69.6 Å². The Morgan fingerprint density at radius 1 is 0.425 bits per heavy atom. The molecule has 0 bridgehead atoms. The molecule has 6 nitrogen and oxygen atoms in total. The van der Waals surface area contributed by atoms with Crippen LogP contribution in [-0.2, 0) is 0 Å². The second-order valence-electron chi connectivity index (χ2n) is 7.77. The summed E-state index contributed by atoms with van der Waals surface area (Å²) in [5.74, 6) is -0.0787. The fourth-order valence-electron chi connectivity index (χ4n) is 3.47. The van der Waals surface area contributed by atoms with Crippen LogP contribution in [0.4, 0.5) is 0 Å². The van der Waals surface area contributed by atoms with Gasteiger partial charge in [-0.15, -0.1) is 0 Å². The number of phenolic OH excluding ortho intramolecular Hbond substituents is 3. The number of pyridine rings is 3. The number of rotatable bonds is 0. The van der Waals surface area contributed by atoms with Crippen LogP contribution in [0, 0.1) is 41.3 Å². The summed E-state index contributed by atoms with van der Waals surface area (Å²) in [4.78, 5) is 12.0. The fourth-order valence-corrected chi connectivity index (χ4v) is 5.02. The molecule has 3 aromatic heterocycles. The van der Waals surface area contributed by atoms with Gasteiger partial charge in [0.1, 0.15) is 16.6 Å². The standard InChI is InChI=1S/3C9H5Cl2NO.Pr/c3*10-6-4-7(11)9(13)8-5(6)2-1-3-12-8;/h3*1-4,13H;. The van der Waals surface area contributed by atoms with Crippen LogP contribution in [0.1, 0.15) is 0 Å². The molecule has 0 aliphatic carbocycles. The predicted molar refractivity (Wildman–Crippen MR) is 160 cm³/mol. The summed E-state index contributed by atoms with van der Waals surface area (Å²) in [6.07, 6.45) is 4.73. The third kappa shape index (κ3) is 7.23. The summed E-state index contributed by atoms with van der Waals surface area (Å²) in [5, 5.41) is 32.8. The number of halogens is 6. The van der Waals surface area contributed by atoms with Crippen LogP contribution in [-0.4, -0.2) is 30.3 Å². The molecule has 13 heteroatoms. The Kier molecular flexibility index (Phi) is 11.9. The zero-order valence-corrected chi connectivity index (χ0v) is 28.2. The SMILES string of the molecule is Oc1c(Cl)cc(Cl)c2cccnc12.Oc1c(Cl)cc(Cl)c2cccnc12.Oc1c(Cl)cc(Cl)c2cccnc12.[Pr]. The predicted octanol–water partition coefficient (Wildman–Crippen LogP) is 9.74. The summed E-state index contributed by atoms with van der Waals surface area (Å²) < 4.78 is 0. The molecule has 6 aromatic rings. The van der Waals surface area contributed by atoms with Gasteiger partial charge in [-0.3, -0.25) is 15.0 Å². The van der Waals surface area contributed by atoms with Crippen LogP contribution in [0.2, 0.25) is 30.1 Å². The van der Waals surface area contributed by atoms with Gasteiger partial charge in [0.25, 0.3) is 0 Å². The second-order valence-corrected chi connectivity index (χ2v) is 10.2. The van der Waals surface area contributed by atoms with E-state index in [1.54, 1.807) is 55.0 Å². The zero-order chi connectivity index (χ0) is 28.3. The van der Waals surface area contributed by atoms with Gasteiger partial charge in [-0.2, -0.15) is 0 Å². The van der Waals surface area contributed by atoms with E-state index >= 15 is 0 Å². The first-order valence-corrected chi connectivity index (χ1v) is 13.1. The molecule has 0 aliphatic rings. The Labute approximate surface area is 291 Å². The summed E-state index contributed by atoms with van der Waals surface area (Å²) in [5.41, 5.74) is 1.29. The average Bonchev–Trinajstić information content (AvgIpc) is 2.94. The molecule has 0 fully saturated rings. The van der Waals surface area contributed by atoms with E-state index in [1.807, 2.05) is 0 Å². The number of phenols is 3. The van der Waals surface area contributed by atoms with Crippen LogP contribution in [0.25, 0.3) is 32.7 Å². The van der Waals surface area contributed by atoms with Crippen molar-refractivity contribution in [2.75, 3.05) is 0 Å². The Bertz CT molecular complexity index is 1630. The molecule has 3 N–H and O–H groups in total. The number of aromatic nitrogens is 3. The number of aromatic hydroxyl groups is 3. The average molecular weight is 783 g/mol. The molecule has 40 heavy (non-hydrogen) atoms. The van der Waals surface area contributed by atoms with Gasteiger partial charge in [0.2, 0.25) is 0 Å². The number of hydrogen-bond acceptors (Lipinski definition) is 6. The third-order valence-corrected chi connectivity index (χ3v) is 7.11. The number of benzene rings is 3. The minimum atomic E-state index is -0.0262. The Morgan fingerprint density at radius 2 is 0.675 bits per heavy atom. The molecule has 0 amide bonds. The molecular weight excluding hydrogens is 768 g/mol. The smallest absolute Gasteiger partial charge is 0.160 e. The summed E-state index contributed by atoms with van der Waals surface area (Å²) >= 11 is 34.9. The van der Waals surface area contributed by atoms with Gasteiger partial charge in [0.15, 0.2) is 17.2 Å². The largest absolute Gasteiger partial charge is 0.504 e. The van der Waals surface area contributed by atoms with Gasteiger partial charge in [-0.05, 0) is 54.6 Å². The fraction of sp³-hybridized carbons (Fsp3) is 0.